The second-order valence-corrected chi connectivity index (χ2v) is 6.91. The maximum absolute atomic E-state index is 12.5. The lowest BCUT2D eigenvalue weighted by atomic mass is 10.0. The van der Waals surface area contributed by atoms with Crippen molar-refractivity contribution in [1.29, 1.82) is 0 Å². The van der Waals surface area contributed by atoms with Crippen LogP contribution in [0.3, 0.4) is 0 Å². The van der Waals surface area contributed by atoms with Crippen LogP contribution in [0.2, 0.25) is 5.02 Å². The molecule has 5 nitrogen and oxygen atoms in total. The quantitative estimate of drug-likeness (QED) is 0.765. The zero-order chi connectivity index (χ0) is 18.8. The van der Waals surface area contributed by atoms with Gasteiger partial charge >= 0.3 is 0 Å². The number of carbonyl (C=O) groups excluding carboxylic acids is 1. The maximum Gasteiger partial charge on any atom is 0.261 e. The van der Waals surface area contributed by atoms with Crippen LogP contribution in [0.4, 0.5) is 0 Å². The molecule has 0 spiro atoms. The van der Waals surface area contributed by atoms with Gasteiger partial charge in [0.1, 0.15) is 6.54 Å². The van der Waals surface area contributed by atoms with Crippen LogP contribution in [0, 0.1) is 13.8 Å². The minimum absolute atomic E-state index is 0.0938. The molecule has 1 amide bonds. The van der Waals surface area contributed by atoms with E-state index in [1.165, 1.54) is 22.0 Å². The minimum atomic E-state index is -0.286. The van der Waals surface area contributed by atoms with Gasteiger partial charge in [-0.25, -0.2) is 4.98 Å². The number of nitrogens with one attached hydrogen (secondary N) is 1. The summed E-state index contributed by atoms with van der Waals surface area (Å²) in [7, 11) is 0. The molecule has 0 saturated carbocycles. The number of carbonyl (C=O) groups is 1. The summed E-state index contributed by atoms with van der Waals surface area (Å²) in [6, 6.07) is 10.9. The van der Waals surface area contributed by atoms with Crippen LogP contribution >= 0.6 is 11.6 Å². The predicted octanol–water partition coefficient (Wildman–Crippen LogP) is 3.54. The smallest absolute Gasteiger partial charge is 0.261 e. The van der Waals surface area contributed by atoms with Gasteiger partial charge in [-0.05, 0) is 55.7 Å². The minimum Gasteiger partial charge on any atom is -0.348 e. The fourth-order valence-electron chi connectivity index (χ4n) is 2.80. The van der Waals surface area contributed by atoms with Gasteiger partial charge in [0.25, 0.3) is 5.56 Å². The third-order valence-electron chi connectivity index (χ3n) is 4.51. The lowest BCUT2D eigenvalue weighted by Gasteiger charge is -2.16. The number of hydrogen-bond acceptors (Lipinski definition) is 3. The molecule has 0 fully saturated rings. The van der Waals surface area contributed by atoms with Crippen molar-refractivity contribution in [2.75, 3.05) is 0 Å². The van der Waals surface area contributed by atoms with Crippen LogP contribution in [0.15, 0.2) is 47.5 Å². The number of halogens is 1. The van der Waals surface area contributed by atoms with Gasteiger partial charge in [0.05, 0.1) is 23.3 Å². The molecule has 1 N–H and O–H groups in total. The summed E-state index contributed by atoms with van der Waals surface area (Å²) < 4.78 is 1.29. The van der Waals surface area contributed by atoms with E-state index in [0.29, 0.717) is 15.9 Å². The second kappa shape index (κ2) is 7.30. The van der Waals surface area contributed by atoms with Crippen LogP contribution in [-0.4, -0.2) is 15.5 Å². The molecule has 0 bridgehead atoms. The highest BCUT2D eigenvalue weighted by molar-refractivity contribution is 6.31. The third-order valence-corrected chi connectivity index (χ3v) is 4.74. The number of hydrogen-bond donors (Lipinski definition) is 1. The van der Waals surface area contributed by atoms with Gasteiger partial charge in [-0.15, -0.1) is 0 Å². The van der Waals surface area contributed by atoms with Crippen molar-refractivity contribution in [2.45, 2.75) is 33.4 Å². The molecule has 0 aliphatic heterocycles. The maximum atomic E-state index is 12.5. The Balaban J connectivity index is 1.77. The molecule has 3 rings (SSSR count). The Bertz CT molecular complexity index is 1040. The Kier molecular flexibility index (Phi) is 5.09. The largest absolute Gasteiger partial charge is 0.348 e. The number of aromatic nitrogens is 2. The Morgan fingerprint density at radius 2 is 1.96 bits per heavy atom. The molecule has 134 valence electrons. The molecule has 26 heavy (non-hydrogen) atoms. The van der Waals surface area contributed by atoms with E-state index < -0.39 is 0 Å². The molecule has 0 unspecified atom stereocenters. The first-order chi connectivity index (χ1) is 12.3. The summed E-state index contributed by atoms with van der Waals surface area (Å²) >= 11 is 5.95. The SMILES string of the molecule is Cc1ccc([C@H](C)NC(=O)Cn2cnc3ccc(Cl)cc3c2=O)cc1C. The molecule has 1 heterocycles. The number of aryl methyl sites for hydroxylation is 2. The van der Waals surface area contributed by atoms with E-state index in [-0.39, 0.29) is 24.1 Å². The molecule has 0 aliphatic carbocycles. The highest BCUT2D eigenvalue weighted by Crippen LogP contribution is 2.17. The topological polar surface area (TPSA) is 64.0 Å². The zero-order valence-electron chi connectivity index (χ0n) is 14.9. The fourth-order valence-corrected chi connectivity index (χ4v) is 2.98. The first-order valence-corrected chi connectivity index (χ1v) is 8.74. The van der Waals surface area contributed by atoms with Crippen molar-refractivity contribution in [3.05, 3.63) is 74.8 Å². The van der Waals surface area contributed by atoms with Gasteiger partial charge in [0, 0.05) is 5.02 Å². The third kappa shape index (κ3) is 3.78. The summed E-state index contributed by atoms with van der Waals surface area (Å²) in [6.45, 7) is 5.92. The Labute approximate surface area is 156 Å². The molecule has 2 aromatic carbocycles. The van der Waals surface area contributed by atoms with Crippen LogP contribution in [0.25, 0.3) is 10.9 Å². The van der Waals surface area contributed by atoms with E-state index in [9.17, 15) is 9.59 Å². The van der Waals surface area contributed by atoms with Crippen LogP contribution in [0.5, 0.6) is 0 Å². The Hall–Kier alpha value is -2.66. The monoisotopic (exact) mass is 369 g/mol. The van der Waals surface area contributed by atoms with Crippen LogP contribution in [0.1, 0.15) is 29.7 Å². The van der Waals surface area contributed by atoms with E-state index in [4.69, 9.17) is 11.6 Å². The van der Waals surface area contributed by atoms with Gasteiger partial charge in [-0.1, -0.05) is 29.8 Å². The van der Waals surface area contributed by atoms with Crippen molar-refractivity contribution in [2.24, 2.45) is 0 Å². The molecule has 6 heteroatoms. The Morgan fingerprint density at radius 1 is 1.19 bits per heavy atom. The number of nitrogens with zero attached hydrogens (tertiary/aromatic N) is 2. The van der Waals surface area contributed by atoms with Crippen LogP contribution in [-0.2, 0) is 11.3 Å². The molecule has 3 aromatic rings. The van der Waals surface area contributed by atoms with Crippen molar-refractivity contribution in [3.8, 4) is 0 Å². The Morgan fingerprint density at radius 3 is 2.69 bits per heavy atom. The second-order valence-electron chi connectivity index (χ2n) is 6.47. The molecular formula is C20H20ClN3O2. The average molecular weight is 370 g/mol. The standard InChI is InChI=1S/C20H20ClN3O2/c1-12-4-5-15(8-13(12)2)14(3)23-19(25)10-24-11-22-18-7-6-16(21)9-17(18)20(24)26/h4-9,11,14H,10H2,1-3H3,(H,23,25)/t14-/m0/s1. The van der Waals surface area contributed by atoms with Crippen molar-refractivity contribution < 1.29 is 4.79 Å². The lowest BCUT2D eigenvalue weighted by molar-refractivity contribution is -0.122. The van der Waals surface area contributed by atoms with Gasteiger partial charge < -0.3 is 5.32 Å². The molecule has 0 radical (unpaired) electrons. The lowest BCUT2D eigenvalue weighted by Crippen LogP contribution is -2.34. The molecule has 1 aromatic heterocycles. The molecule has 0 aliphatic rings. The van der Waals surface area contributed by atoms with E-state index in [1.807, 2.05) is 32.9 Å². The number of amides is 1. The van der Waals surface area contributed by atoms with Gasteiger partial charge in [0.2, 0.25) is 5.91 Å². The number of benzene rings is 2. The summed E-state index contributed by atoms with van der Waals surface area (Å²) in [4.78, 5) is 29.1. The average Bonchev–Trinajstić information content (AvgIpc) is 2.60. The first kappa shape index (κ1) is 18.1. The summed E-state index contributed by atoms with van der Waals surface area (Å²) in [6.07, 6.45) is 1.39. The number of fused-ring (bicyclic) bond motifs is 1. The molecule has 0 saturated heterocycles. The fraction of sp³-hybridized carbons (Fsp3) is 0.250. The zero-order valence-corrected chi connectivity index (χ0v) is 15.7. The van der Waals surface area contributed by atoms with E-state index in [0.717, 1.165) is 5.56 Å². The summed E-state index contributed by atoms with van der Waals surface area (Å²) in [5, 5.41) is 3.78. The highest BCUT2D eigenvalue weighted by Gasteiger charge is 2.13. The summed E-state index contributed by atoms with van der Waals surface area (Å²) in [5.41, 5.74) is 3.68. The van der Waals surface area contributed by atoms with E-state index in [1.54, 1.807) is 18.2 Å². The van der Waals surface area contributed by atoms with Gasteiger partial charge in [-0.2, -0.15) is 0 Å². The number of rotatable bonds is 4. The van der Waals surface area contributed by atoms with Crippen molar-refractivity contribution >= 4 is 28.4 Å². The van der Waals surface area contributed by atoms with Crippen LogP contribution < -0.4 is 10.9 Å². The van der Waals surface area contributed by atoms with Crippen molar-refractivity contribution in [1.82, 2.24) is 14.9 Å². The van der Waals surface area contributed by atoms with Gasteiger partial charge in [-0.3, -0.25) is 14.2 Å². The van der Waals surface area contributed by atoms with Gasteiger partial charge in [0.15, 0.2) is 0 Å². The highest BCUT2D eigenvalue weighted by atomic mass is 35.5. The first-order valence-electron chi connectivity index (χ1n) is 8.36. The predicted molar refractivity (Wildman–Crippen MR) is 103 cm³/mol. The van der Waals surface area contributed by atoms with Crippen molar-refractivity contribution in [3.63, 3.8) is 0 Å². The molecular weight excluding hydrogens is 350 g/mol. The van der Waals surface area contributed by atoms with E-state index in [2.05, 4.69) is 16.4 Å². The van der Waals surface area contributed by atoms with E-state index >= 15 is 0 Å². The summed E-state index contributed by atoms with van der Waals surface area (Å²) in [5.74, 6) is -0.249. The molecule has 1 atom stereocenters. The normalized spacial score (nSPS) is 12.2.